The van der Waals surface area contributed by atoms with Crippen LogP contribution in [-0.2, 0) is 17.5 Å². The van der Waals surface area contributed by atoms with Gasteiger partial charge in [0, 0.05) is 18.6 Å². The molecule has 0 saturated heterocycles. The Hall–Kier alpha value is -2.09. The predicted octanol–water partition coefficient (Wildman–Crippen LogP) is 3.83. The summed E-state index contributed by atoms with van der Waals surface area (Å²) in [5, 5.41) is 5.22. The summed E-state index contributed by atoms with van der Waals surface area (Å²) in [6.45, 7) is 0.421. The van der Waals surface area contributed by atoms with E-state index in [9.17, 15) is 22.8 Å². The molecule has 0 bridgehead atoms. The lowest BCUT2D eigenvalue weighted by Gasteiger charge is -2.24. The number of carbonyl (C=O) groups excluding carboxylic acids is 2. The standard InChI is InChI=1S/C20H26F3N3O2/c21-20(22,23)15-8-6-14(7-9-15)12-26(17-10-11-17)13-18(27)25-19(28)24-16-4-2-1-3-5-16/h6-9,16-17H,1-5,10-13H2,(H2,24,25,27,28). The number of amides is 3. The lowest BCUT2D eigenvalue weighted by atomic mass is 9.96. The summed E-state index contributed by atoms with van der Waals surface area (Å²) < 4.78 is 38.0. The van der Waals surface area contributed by atoms with Gasteiger partial charge in [0.1, 0.15) is 0 Å². The molecule has 0 radical (unpaired) electrons. The summed E-state index contributed by atoms with van der Waals surface area (Å²) in [4.78, 5) is 26.2. The number of nitrogens with one attached hydrogen (secondary N) is 2. The van der Waals surface area contributed by atoms with Crippen LogP contribution in [0, 0.1) is 0 Å². The molecule has 0 aliphatic heterocycles. The molecule has 8 heteroatoms. The third-order valence-electron chi connectivity index (χ3n) is 5.27. The van der Waals surface area contributed by atoms with Crippen molar-refractivity contribution >= 4 is 11.9 Å². The molecule has 154 valence electrons. The summed E-state index contributed by atoms with van der Waals surface area (Å²) in [7, 11) is 0. The van der Waals surface area contributed by atoms with Crippen LogP contribution in [0.2, 0.25) is 0 Å². The van der Waals surface area contributed by atoms with E-state index in [2.05, 4.69) is 10.6 Å². The van der Waals surface area contributed by atoms with Crippen LogP contribution in [0.5, 0.6) is 0 Å². The Kier molecular flexibility index (Phi) is 6.59. The van der Waals surface area contributed by atoms with E-state index in [-0.39, 0.29) is 18.6 Å². The zero-order valence-electron chi connectivity index (χ0n) is 15.7. The number of hydrogen-bond donors (Lipinski definition) is 2. The SMILES string of the molecule is O=C(CN(Cc1ccc(C(F)(F)F)cc1)C1CC1)NC(=O)NC1CCCCC1. The van der Waals surface area contributed by atoms with Gasteiger partial charge in [0.2, 0.25) is 5.91 Å². The quantitative estimate of drug-likeness (QED) is 0.767. The maximum absolute atomic E-state index is 12.7. The Morgan fingerprint density at radius 2 is 1.64 bits per heavy atom. The zero-order valence-corrected chi connectivity index (χ0v) is 15.7. The summed E-state index contributed by atoms with van der Waals surface area (Å²) in [6, 6.07) is 4.86. The van der Waals surface area contributed by atoms with Crippen LogP contribution in [-0.4, -0.2) is 35.5 Å². The van der Waals surface area contributed by atoms with Crippen molar-refractivity contribution in [3.05, 3.63) is 35.4 Å². The van der Waals surface area contributed by atoms with Crippen molar-refractivity contribution in [1.82, 2.24) is 15.5 Å². The smallest absolute Gasteiger partial charge is 0.335 e. The van der Waals surface area contributed by atoms with Crippen molar-refractivity contribution in [2.45, 2.75) is 69.8 Å². The Bertz CT molecular complexity index is 681. The van der Waals surface area contributed by atoms with Crippen LogP contribution in [0.1, 0.15) is 56.1 Å². The number of alkyl halides is 3. The highest BCUT2D eigenvalue weighted by atomic mass is 19.4. The first kappa shape index (κ1) is 20.6. The number of hydrogen-bond acceptors (Lipinski definition) is 3. The molecule has 28 heavy (non-hydrogen) atoms. The molecule has 2 aliphatic carbocycles. The fraction of sp³-hybridized carbons (Fsp3) is 0.600. The van der Waals surface area contributed by atoms with Crippen molar-refractivity contribution in [1.29, 1.82) is 0 Å². The Labute approximate surface area is 162 Å². The Balaban J connectivity index is 1.50. The van der Waals surface area contributed by atoms with E-state index in [0.29, 0.717) is 12.1 Å². The molecular weight excluding hydrogens is 371 g/mol. The van der Waals surface area contributed by atoms with Gasteiger partial charge in [-0.25, -0.2) is 4.79 Å². The first-order valence-electron chi connectivity index (χ1n) is 9.82. The van der Waals surface area contributed by atoms with Gasteiger partial charge in [0.25, 0.3) is 0 Å². The molecule has 5 nitrogen and oxygen atoms in total. The van der Waals surface area contributed by atoms with E-state index in [4.69, 9.17) is 0 Å². The Morgan fingerprint density at radius 3 is 2.21 bits per heavy atom. The second-order valence-electron chi connectivity index (χ2n) is 7.69. The summed E-state index contributed by atoms with van der Waals surface area (Å²) in [5.74, 6) is -0.396. The second-order valence-corrected chi connectivity index (χ2v) is 7.69. The zero-order chi connectivity index (χ0) is 20.1. The molecule has 1 aromatic rings. The highest BCUT2D eigenvalue weighted by Gasteiger charge is 2.32. The van der Waals surface area contributed by atoms with Crippen molar-refractivity contribution in [3.8, 4) is 0 Å². The van der Waals surface area contributed by atoms with Gasteiger partial charge >= 0.3 is 12.2 Å². The maximum Gasteiger partial charge on any atom is 0.416 e. The molecule has 0 heterocycles. The molecule has 1 aromatic carbocycles. The van der Waals surface area contributed by atoms with Gasteiger partial charge in [-0.2, -0.15) is 13.2 Å². The highest BCUT2D eigenvalue weighted by Crippen LogP contribution is 2.31. The molecule has 3 rings (SSSR count). The minimum atomic E-state index is -4.36. The van der Waals surface area contributed by atoms with Gasteiger partial charge in [-0.15, -0.1) is 0 Å². The topological polar surface area (TPSA) is 61.4 Å². The Morgan fingerprint density at radius 1 is 1.00 bits per heavy atom. The van der Waals surface area contributed by atoms with E-state index in [1.165, 1.54) is 18.6 Å². The predicted molar refractivity (Wildman–Crippen MR) is 98.4 cm³/mol. The molecular formula is C20H26F3N3O2. The minimum absolute atomic E-state index is 0.0454. The number of imide groups is 1. The lowest BCUT2D eigenvalue weighted by molar-refractivity contribution is -0.137. The average molecular weight is 397 g/mol. The third-order valence-corrected chi connectivity index (χ3v) is 5.27. The van der Waals surface area contributed by atoms with Crippen LogP contribution in [0.25, 0.3) is 0 Å². The van der Waals surface area contributed by atoms with Gasteiger partial charge in [-0.3, -0.25) is 15.0 Å². The molecule has 2 aliphatic rings. The number of nitrogens with zero attached hydrogens (tertiary/aromatic N) is 1. The molecule has 2 N–H and O–H groups in total. The van der Waals surface area contributed by atoms with Gasteiger partial charge in [-0.05, 0) is 43.4 Å². The number of halogens is 3. The van der Waals surface area contributed by atoms with Crippen LogP contribution >= 0.6 is 0 Å². The minimum Gasteiger partial charge on any atom is -0.335 e. The van der Waals surface area contributed by atoms with Crippen LogP contribution in [0.15, 0.2) is 24.3 Å². The molecule has 3 amide bonds. The largest absolute Gasteiger partial charge is 0.416 e. The van der Waals surface area contributed by atoms with Crippen molar-refractivity contribution in [2.75, 3.05) is 6.54 Å². The van der Waals surface area contributed by atoms with Gasteiger partial charge in [-0.1, -0.05) is 31.4 Å². The van der Waals surface area contributed by atoms with Crippen LogP contribution < -0.4 is 10.6 Å². The molecule has 2 fully saturated rings. The highest BCUT2D eigenvalue weighted by molar-refractivity contribution is 5.95. The number of urea groups is 1. The molecule has 0 aromatic heterocycles. The maximum atomic E-state index is 12.7. The van der Waals surface area contributed by atoms with Gasteiger partial charge < -0.3 is 5.32 Å². The van der Waals surface area contributed by atoms with Crippen LogP contribution in [0.4, 0.5) is 18.0 Å². The first-order valence-corrected chi connectivity index (χ1v) is 9.82. The fourth-order valence-corrected chi connectivity index (χ4v) is 3.61. The second kappa shape index (κ2) is 8.94. The molecule has 0 spiro atoms. The number of carbonyl (C=O) groups is 2. The van der Waals surface area contributed by atoms with Crippen LogP contribution in [0.3, 0.4) is 0 Å². The first-order chi connectivity index (χ1) is 13.3. The molecule has 2 saturated carbocycles. The third kappa shape index (κ3) is 6.22. The van der Waals surface area contributed by atoms with Crippen molar-refractivity contribution < 1.29 is 22.8 Å². The van der Waals surface area contributed by atoms with Crippen molar-refractivity contribution in [3.63, 3.8) is 0 Å². The van der Waals surface area contributed by atoms with Gasteiger partial charge in [0.15, 0.2) is 0 Å². The van der Waals surface area contributed by atoms with Gasteiger partial charge in [0.05, 0.1) is 12.1 Å². The van der Waals surface area contributed by atoms with E-state index in [1.54, 1.807) is 0 Å². The fourth-order valence-electron chi connectivity index (χ4n) is 3.61. The summed E-state index contributed by atoms with van der Waals surface area (Å²) >= 11 is 0. The monoisotopic (exact) mass is 397 g/mol. The van der Waals surface area contributed by atoms with E-state index in [1.807, 2.05) is 4.90 Å². The summed E-state index contributed by atoms with van der Waals surface area (Å²) in [6.07, 6.45) is 2.75. The van der Waals surface area contributed by atoms with E-state index in [0.717, 1.165) is 50.7 Å². The normalized spacial score (nSPS) is 18.1. The molecule has 0 atom stereocenters. The number of rotatable bonds is 6. The lowest BCUT2D eigenvalue weighted by Crippen LogP contribution is -2.48. The molecule has 0 unspecified atom stereocenters. The van der Waals surface area contributed by atoms with E-state index < -0.39 is 23.7 Å². The number of benzene rings is 1. The van der Waals surface area contributed by atoms with E-state index >= 15 is 0 Å². The van der Waals surface area contributed by atoms with Crippen molar-refractivity contribution in [2.24, 2.45) is 0 Å². The summed E-state index contributed by atoms with van der Waals surface area (Å²) in [5.41, 5.74) is 0.0192. The average Bonchev–Trinajstić information content (AvgIpc) is 3.46.